The molecular formula is C16H18N2O2. The molecule has 1 aliphatic rings. The van der Waals surface area contributed by atoms with Crippen molar-refractivity contribution in [2.75, 3.05) is 5.32 Å². The average molecular weight is 270 g/mol. The molecule has 1 aromatic carbocycles. The van der Waals surface area contributed by atoms with Gasteiger partial charge < -0.3 is 15.1 Å². The van der Waals surface area contributed by atoms with Gasteiger partial charge in [0.05, 0.1) is 12.5 Å². The van der Waals surface area contributed by atoms with E-state index in [0.29, 0.717) is 6.54 Å². The van der Waals surface area contributed by atoms with Gasteiger partial charge in [0.15, 0.2) is 0 Å². The van der Waals surface area contributed by atoms with Crippen LogP contribution in [0.25, 0.3) is 0 Å². The lowest BCUT2D eigenvalue weighted by Gasteiger charge is -2.19. The van der Waals surface area contributed by atoms with Gasteiger partial charge in [0.2, 0.25) is 0 Å². The molecule has 0 spiro atoms. The SMILES string of the molecule is O=C(NCc1ccoc1)Nc1cccc2c1CCCC2. The van der Waals surface area contributed by atoms with Crippen molar-refractivity contribution in [3.05, 3.63) is 53.5 Å². The minimum atomic E-state index is -0.176. The molecule has 4 nitrogen and oxygen atoms in total. The van der Waals surface area contributed by atoms with E-state index >= 15 is 0 Å². The fraction of sp³-hybridized carbons (Fsp3) is 0.312. The summed E-state index contributed by atoms with van der Waals surface area (Å²) in [6.45, 7) is 0.470. The van der Waals surface area contributed by atoms with Crippen LogP contribution in [0.4, 0.5) is 10.5 Å². The van der Waals surface area contributed by atoms with Crippen molar-refractivity contribution >= 4 is 11.7 Å². The van der Waals surface area contributed by atoms with Crippen LogP contribution in [0.3, 0.4) is 0 Å². The number of carbonyl (C=O) groups is 1. The highest BCUT2D eigenvalue weighted by Gasteiger charge is 2.14. The number of hydrogen-bond acceptors (Lipinski definition) is 2. The summed E-state index contributed by atoms with van der Waals surface area (Å²) in [5.74, 6) is 0. The summed E-state index contributed by atoms with van der Waals surface area (Å²) >= 11 is 0. The molecule has 0 atom stereocenters. The molecule has 0 aliphatic heterocycles. The molecule has 3 rings (SSSR count). The molecule has 2 N–H and O–H groups in total. The minimum absolute atomic E-state index is 0.176. The number of urea groups is 1. The predicted octanol–water partition coefficient (Wildman–Crippen LogP) is 3.48. The maximum Gasteiger partial charge on any atom is 0.319 e. The number of benzene rings is 1. The second kappa shape index (κ2) is 5.82. The second-order valence-electron chi connectivity index (χ2n) is 5.09. The third-order valence-electron chi connectivity index (χ3n) is 3.68. The molecule has 0 radical (unpaired) electrons. The van der Waals surface area contributed by atoms with Crippen molar-refractivity contribution in [3.8, 4) is 0 Å². The molecule has 0 unspecified atom stereocenters. The second-order valence-corrected chi connectivity index (χ2v) is 5.09. The summed E-state index contributed by atoms with van der Waals surface area (Å²) in [5, 5.41) is 5.78. The van der Waals surface area contributed by atoms with E-state index in [2.05, 4.69) is 16.7 Å². The van der Waals surface area contributed by atoms with E-state index < -0.39 is 0 Å². The predicted molar refractivity (Wildman–Crippen MR) is 77.7 cm³/mol. The summed E-state index contributed by atoms with van der Waals surface area (Å²) in [7, 11) is 0. The number of nitrogens with one attached hydrogen (secondary N) is 2. The molecule has 4 heteroatoms. The first-order chi connectivity index (χ1) is 9.83. The molecule has 0 bridgehead atoms. The van der Waals surface area contributed by atoms with E-state index in [-0.39, 0.29) is 6.03 Å². The Balaban J connectivity index is 1.64. The minimum Gasteiger partial charge on any atom is -0.472 e. The zero-order chi connectivity index (χ0) is 13.8. The smallest absolute Gasteiger partial charge is 0.319 e. The fourth-order valence-corrected chi connectivity index (χ4v) is 2.64. The molecule has 0 fully saturated rings. The Kier molecular flexibility index (Phi) is 3.72. The lowest BCUT2D eigenvalue weighted by molar-refractivity contribution is 0.251. The van der Waals surface area contributed by atoms with Gasteiger partial charge in [-0.25, -0.2) is 4.79 Å². The van der Waals surface area contributed by atoms with Gasteiger partial charge in [-0.05, 0) is 48.9 Å². The number of rotatable bonds is 3. The van der Waals surface area contributed by atoms with Gasteiger partial charge in [-0.2, -0.15) is 0 Å². The zero-order valence-electron chi connectivity index (χ0n) is 11.3. The lowest BCUT2D eigenvalue weighted by atomic mass is 9.90. The fourth-order valence-electron chi connectivity index (χ4n) is 2.64. The van der Waals surface area contributed by atoms with Gasteiger partial charge in [0.1, 0.15) is 0 Å². The third kappa shape index (κ3) is 2.85. The number of hydrogen-bond donors (Lipinski definition) is 2. The van der Waals surface area contributed by atoms with E-state index in [1.807, 2.05) is 18.2 Å². The third-order valence-corrected chi connectivity index (χ3v) is 3.68. The molecule has 0 saturated heterocycles. The van der Waals surface area contributed by atoms with E-state index in [0.717, 1.165) is 24.1 Å². The molecule has 0 saturated carbocycles. The Morgan fingerprint density at radius 3 is 2.95 bits per heavy atom. The summed E-state index contributed by atoms with van der Waals surface area (Å²) in [5.41, 5.74) is 4.54. The van der Waals surface area contributed by atoms with Crippen LogP contribution in [-0.4, -0.2) is 6.03 Å². The number of fused-ring (bicyclic) bond motifs is 1. The van der Waals surface area contributed by atoms with Crippen molar-refractivity contribution in [1.29, 1.82) is 0 Å². The standard InChI is InChI=1S/C16H18N2O2/c19-16(17-10-12-8-9-20-11-12)18-15-7-3-5-13-4-1-2-6-14(13)15/h3,5,7-9,11H,1-2,4,6,10H2,(H2,17,18,19). The Morgan fingerprint density at radius 2 is 2.10 bits per heavy atom. The quantitative estimate of drug-likeness (QED) is 0.897. The van der Waals surface area contributed by atoms with E-state index in [1.54, 1.807) is 12.5 Å². The van der Waals surface area contributed by atoms with Crippen molar-refractivity contribution in [3.63, 3.8) is 0 Å². The summed E-state index contributed by atoms with van der Waals surface area (Å²) in [6.07, 6.45) is 7.83. The van der Waals surface area contributed by atoms with Crippen molar-refractivity contribution in [2.24, 2.45) is 0 Å². The number of carbonyl (C=O) groups excluding carboxylic acids is 1. The maximum absolute atomic E-state index is 11.9. The highest BCUT2D eigenvalue weighted by atomic mass is 16.3. The number of aryl methyl sites for hydroxylation is 1. The molecular weight excluding hydrogens is 252 g/mol. The van der Waals surface area contributed by atoms with E-state index in [1.165, 1.54) is 24.0 Å². The topological polar surface area (TPSA) is 54.3 Å². The lowest BCUT2D eigenvalue weighted by Crippen LogP contribution is -2.28. The number of furan rings is 1. The van der Waals surface area contributed by atoms with Gasteiger partial charge in [-0.3, -0.25) is 0 Å². The molecule has 2 aromatic rings. The van der Waals surface area contributed by atoms with Crippen LogP contribution >= 0.6 is 0 Å². The first kappa shape index (κ1) is 12.8. The van der Waals surface area contributed by atoms with Gasteiger partial charge in [0, 0.05) is 17.8 Å². The Hall–Kier alpha value is -2.23. The number of anilines is 1. The molecule has 1 heterocycles. The van der Waals surface area contributed by atoms with Crippen molar-refractivity contribution < 1.29 is 9.21 Å². The van der Waals surface area contributed by atoms with Gasteiger partial charge in [-0.1, -0.05) is 12.1 Å². The van der Waals surface area contributed by atoms with Crippen molar-refractivity contribution in [1.82, 2.24) is 5.32 Å². The maximum atomic E-state index is 11.9. The van der Waals surface area contributed by atoms with Gasteiger partial charge in [0.25, 0.3) is 0 Å². The molecule has 1 aliphatic carbocycles. The van der Waals surface area contributed by atoms with Crippen LogP contribution in [0, 0.1) is 0 Å². The van der Waals surface area contributed by atoms with Crippen LogP contribution in [0.1, 0.15) is 29.5 Å². The van der Waals surface area contributed by atoms with Gasteiger partial charge >= 0.3 is 6.03 Å². The molecule has 2 amide bonds. The van der Waals surface area contributed by atoms with E-state index in [9.17, 15) is 4.79 Å². The zero-order valence-corrected chi connectivity index (χ0v) is 11.3. The largest absolute Gasteiger partial charge is 0.472 e. The molecule has 1 aromatic heterocycles. The highest BCUT2D eigenvalue weighted by molar-refractivity contribution is 5.90. The Bertz CT molecular complexity index is 591. The van der Waals surface area contributed by atoms with Crippen LogP contribution in [0.2, 0.25) is 0 Å². The summed E-state index contributed by atoms with van der Waals surface area (Å²) < 4.78 is 4.97. The van der Waals surface area contributed by atoms with Crippen LogP contribution < -0.4 is 10.6 Å². The van der Waals surface area contributed by atoms with Crippen LogP contribution in [-0.2, 0) is 19.4 Å². The Labute approximate surface area is 118 Å². The first-order valence-corrected chi connectivity index (χ1v) is 6.99. The number of amides is 2. The van der Waals surface area contributed by atoms with Crippen LogP contribution in [0.15, 0.2) is 41.2 Å². The van der Waals surface area contributed by atoms with Gasteiger partial charge in [-0.15, -0.1) is 0 Å². The molecule has 104 valence electrons. The average Bonchev–Trinajstić information content (AvgIpc) is 2.99. The Morgan fingerprint density at radius 1 is 1.20 bits per heavy atom. The monoisotopic (exact) mass is 270 g/mol. The van der Waals surface area contributed by atoms with E-state index in [4.69, 9.17) is 4.42 Å². The molecule has 20 heavy (non-hydrogen) atoms. The van der Waals surface area contributed by atoms with Crippen LogP contribution in [0.5, 0.6) is 0 Å². The highest BCUT2D eigenvalue weighted by Crippen LogP contribution is 2.27. The normalized spacial score (nSPS) is 13.6. The summed E-state index contributed by atoms with van der Waals surface area (Å²) in [6, 6.07) is 7.80. The first-order valence-electron chi connectivity index (χ1n) is 6.99. The van der Waals surface area contributed by atoms with Crippen molar-refractivity contribution in [2.45, 2.75) is 32.2 Å². The summed E-state index contributed by atoms with van der Waals surface area (Å²) in [4.78, 5) is 11.9.